The van der Waals surface area contributed by atoms with E-state index in [0.717, 1.165) is 0 Å². The summed E-state index contributed by atoms with van der Waals surface area (Å²) in [7, 11) is -3.70. The Morgan fingerprint density at radius 1 is 1.24 bits per heavy atom. The van der Waals surface area contributed by atoms with E-state index >= 15 is 0 Å². The molecule has 8 heteroatoms. The predicted octanol–water partition coefficient (Wildman–Crippen LogP) is 1.91. The first-order valence-corrected chi connectivity index (χ1v) is 9.23. The lowest BCUT2D eigenvalue weighted by Gasteiger charge is -2.20. The monoisotopic (exact) mass is 368 g/mol. The first-order chi connectivity index (χ1) is 11.5. The van der Waals surface area contributed by atoms with Crippen LogP contribution < -0.4 is 10.0 Å². The fraction of sp³-hybridized carbons (Fsp3) is 0.412. The standard InChI is InChI=1S/C17H24N2O5S/c1-5-6-7-14(16(21)22)18-15(20)12-8-10-13(11-9-12)25(23,24)19-17(2,3)4/h5,8-11,14,19H,1,6-7H2,2-4H3,(H,18,20)(H,21,22). The Hall–Kier alpha value is -2.19. The summed E-state index contributed by atoms with van der Waals surface area (Å²) in [5.41, 5.74) is -0.450. The quantitative estimate of drug-likeness (QED) is 0.607. The van der Waals surface area contributed by atoms with Gasteiger partial charge in [-0.2, -0.15) is 0 Å². The van der Waals surface area contributed by atoms with Crippen molar-refractivity contribution in [2.75, 3.05) is 0 Å². The maximum atomic E-state index is 12.2. The Bertz CT molecular complexity index is 733. The minimum Gasteiger partial charge on any atom is -0.480 e. The van der Waals surface area contributed by atoms with Crippen LogP contribution in [-0.2, 0) is 14.8 Å². The highest BCUT2D eigenvalue weighted by Gasteiger charge is 2.23. The number of amides is 1. The van der Waals surface area contributed by atoms with Crippen LogP contribution in [0.1, 0.15) is 44.0 Å². The molecule has 1 rings (SSSR count). The molecule has 0 saturated heterocycles. The molecule has 0 aliphatic heterocycles. The van der Waals surface area contributed by atoms with Gasteiger partial charge in [0.2, 0.25) is 10.0 Å². The number of hydrogen-bond donors (Lipinski definition) is 3. The number of benzene rings is 1. The van der Waals surface area contributed by atoms with E-state index in [1.165, 1.54) is 24.3 Å². The summed E-state index contributed by atoms with van der Waals surface area (Å²) >= 11 is 0. The topological polar surface area (TPSA) is 113 Å². The van der Waals surface area contributed by atoms with Crippen LogP contribution in [0.4, 0.5) is 0 Å². The summed E-state index contributed by atoms with van der Waals surface area (Å²) in [6.07, 6.45) is 2.25. The number of carbonyl (C=O) groups is 2. The van der Waals surface area contributed by atoms with Crippen LogP contribution in [0, 0.1) is 0 Å². The van der Waals surface area contributed by atoms with Gasteiger partial charge in [0.15, 0.2) is 0 Å². The Labute approximate surface area is 148 Å². The number of carboxylic acids is 1. The summed E-state index contributed by atoms with van der Waals surface area (Å²) in [5.74, 6) is -1.71. The van der Waals surface area contributed by atoms with E-state index in [2.05, 4.69) is 16.6 Å². The first-order valence-electron chi connectivity index (χ1n) is 7.75. The van der Waals surface area contributed by atoms with Gasteiger partial charge >= 0.3 is 5.97 Å². The van der Waals surface area contributed by atoms with Crippen molar-refractivity contribution in [1.29, 1.82) is 0 Å². The van der Waals surface area contributed by atoms with Crippen molar-refractivity contribution in [3.8, 4) is 0 Å². The number of hydrogen-bond acceptors (Lipinski definition) is 4. The summed E-state index contributed by atoms with van der Waals surface area (Å²) < 4.78 is 26.9. The largest absolute Gasteiger partial charge is 0.480 e. The van der Waals surface area contributed by atoms with E-state index in [-0.39, 0.29) is 16.9 Å². The van der Waals surface area contributed by atoms with Crippen LogP contribution in [0.3, 0.4) is 0 Å². The van der Waals surface area contributed by atoms with Crippen LogP contribution in [-0.4, -0.2) is 37.0 Å². The molecule has 0 fully saturated rings. The third-order valence-corrected chi connectivity index (χ3v) is 4.90. The highest BCUT2D eigenvalue weighted by atomic mass is 32.2. The van der Waals surface area contributed by atoms with Crippen LogP contribution >= 0.6 is 0 Å². The minimum atomic E-state index is -3.70. The lowest BCUT2D eigenvalue weighted by Crippen LogP contribution is -2.41. The van der Waals surface area contributed by atoms with Gasteiger partial charge in [-0.05, 0) is 57.9 Å². The van der Waals surface area contributed by atoms with Crippen LogP contribution in [0.15, 0.2) is 41.8 Å². The van der Waals surface area contributed by atoms with Gasteiger partial charge in [0.25, 0.3) is 5.91 Å². The van der Waals surface area contributed by atoms with Crippen molar-refractivity contribution in [3.05, 3.63) is 42.5 Å². The molecule has 7 nitrogen and oxygen atoms in total. The molecule has 1 atom stereocenters. The Morgan fingerprint density at radius 3 is 2.24 bits per heavy atom. The second-order valence-corrected chi connectivity index (χ2v) is 8.29. The smallest absolute Gasteiger partial charge is 0.326 e. The van der Waals surface area contributed by atoms with E-state index in [1.807, 2.05) is 0 Å². The molecule has 1 aromatic carbocycles. The lowest BCUT2D eigenvalue weighted by atomic mass is 10.1. The van der Waals surface area contributed by atoms with Crippen molar-refractivity contribution in [1.82, 2.24) is 10.0 Å². The third kappa shape index (κ3) is 6.67. The van der Waals surface area contributed by atoms with E-state index in [1.54, 1.807) is 26.8 Å². The van der Waals surface area contributed by atoms with Crippen molar-refractivity contribution in [3.63, 3.8) is 0 Å². The van der Waals surface area contributed by atoms with Crippen LogP contribution in [0.2, 0.25) is 0 Å². The maximum absolute atomic E-state index is 12.2. The summed E-state index contributed by atoms with van der Waals surface area (Å²) in [4.78, 5) is 23.3. The molecular formula is C17H24N2O5S. The van der Waals surface area contributed by atoms with Gasteiger partial charge in [0.1, 0.15) is 6.04 Å². The van der Waals surface area contributed by atoms with E-state index in [9.17, 15) is 18.0 Å². The Morgan fingerprint density at radius 2 is 1.80 bits per heavy atom. The molecule has 0 bridgehead atoms. The Kier molecular flexibility index (Phi) is 6.89. The molecule has 0 heterocycles. The number of carbonyl (C=O) groups excluding carboxylic acids is 1. The summed E-state index contributed by atoms with van der Waals surface area (Å²) in [6.45, 7) is 8.69. The van der Waals surface area contributed by atoms with Crippen molar-refractivity contribution in [2.45, 2.75) is 50.1 Å². The lowest BCUT2D eigenvalue weighted by molar-refractivity contribution is -0.139. The molecule has 25 heavy (non-hydrogen) atoms. The number of allylic oxidation sites excluding steroid dienone is 1. The number of nitrogens with one attached hydrogen (secondary N) is 2. The zero-order valence-corrected chi connectivity index (χ0v) is 15.4. The van der Waals surface area contributed by atoms with Gasteiger partial charge in [0, 0.05) is 11.1 Å². The first kappa shape index (κ1) is 20.9. The Balaban J connectivity index is 2.89. The number of carboxylic acid groups (broad SMARTS) is 1. The zero-order chi connectivity index (χ0) is 19.3. The highest BCUT2D eigenvalue weighted by molar-refractivity contribution is 7.89. The van der Waals surface area contributed by atoms with Crippen LogP contribution in [0.5, 0.6) is 0 Å². The van der Waals surface area contributed by atoms with Crippen molar-refractivity contribution < 1.29 is 23.1 Å². The van der Waals surface area contributed by atoms with Crippen molar-refractivity contribution in [2.24, 2.45) is 0 Å². The predicted molar refractivity (Wildman–Crippen MR) is 94.8 cm³/mol. The van der Waals surface area contributed by atoms with Gasteiger partial charge in [-0.1, -0.05) is 6.08 Å². The maximum Gasteiger partial charge on any atom is 0.326 e. The number of sulfonamides is 1. The molecule has 1 unspecified atom stereocenters. The average molecular weight is 368 g/mol. The molecule has 0 aliphatic rings. The minimum absolute atomic E-state index is 0.0282. The molecule has 0 aromatic heterocycles. The molecule has 0 saturated carbocycles. The van der Waals surface area contributed by atoms with E-state index in [4.69, 9.17) is 5.11 Å². The van der Waals surface area contributed by atoms with Gasteiger partial charge < -0.3 is 10.4 Å². The average Bonchev–Trinajstić information content (AvgIpc) is 2.48. The van der Waals surface area contributed by atoms with Gasteiger partial charge in [-0.3, -0.25) is 4.79 Å². The normalized spacial score (nSPS) is 13.1. The van der Waals surface area contributed by atoms with E-state index < -0.39 is 33.5 Å². The van der Waals surface area contributed by atoms with Gasteiger partial charge in [-0.15, -0.1) is 6.58 Å². The summed E-state index contributed by atoms with van der Waals surface area (Å²) in [5, 5.41) is 11.5. The number of aliphatic carboxylic acids is 1. The molecule has 0 spiro atoms. The molecule has 0 aliphatic carbocycles. The molecular weight excluding hydrogens is 344 g/mol. The highest BCUT2D eigenvalue weighted by Crippen LogP contribution is 2.14. The molecule has 3 N–H and O–H groups in total. The fourth-order valence-corrected chi connectivity index (χ4v) is 3.45. The number of rotatable bonds is 8. The molecule has 1 aromatic rings. The second-order valence-electron chi connectivity index (χ2n) is 6.61. The van der Waals surface area contributed by atoms with Gasteiger partial charge in [0.05, 0.1) is 4.90 Å². The SMILES string of the molecule is C=CCCC(NC(=O)c1ccc(S(=O)(=O)NC(C)(C)C)cc1)C(=O)O. The second kappa shape index (κ2) is 8.26. The molecule has 1 amide bonds. The molecule has 138 valence electrons. The van der Waals surface area contributed by atoms with Crippen LogP contribution in [0.25, 0.3) is 0 Å². The third-order valence-electron chi connectivity index (χ3n) is 3.13. The van der Waals surface area contributed by atoms with E-state index in [0.29, 0.717) is 6.42 Å². The summed E-state index contributed by atoms with van der Waals surface area (Å²) in [6, 6.07) is 4.28. The molecule has 0 radical (unpaired) electrons. The fourth-order valence-electron chi connectivity index (χ4n) is 2.03. The van der Waals surface area contributed by atoms with Gasteiger partial charge in [-0.25, -0.2) is 17.9 Å². The van der Waals surface area contributed by atoms with Crippen molar-refractivity contribution >= 4 is 21.9 Å². The zero-order valence-electron chi connectivity index (χ0n) is 14.6.